The van der Waals surface area contributed by atoms with Crippen LogP contribution in [0.25, 0.3) is 10.1 Å². The summed E-state index contributed by atoms with van der Waals surface area (Å²) >= 11 is 1.06. The SMILES string of the molecule is O=C1C[C@@H]2[C@@H](/C=C/C(F)(F)c3cc4ccccc4s3)[C@H](O)C[C@@H]2O1. The van der Waals surface area contributed by atoms with Gasteiger partial charge in [-0.15, -0.1) is 11.3 Å². The molecule has 0 spiro atoms. The van der Waals surface area contributed by atoms with Gasteiger partial charge >= 0.3 is 11.9 Å². The number of esters is 1. The largest absolute Gasteiger partial charge is 0.462 e. The van der Waals surface area contributed by atoms with Gasteiger partial charge in [0.2, 0.25) is 0 Å². The molecule has 0 unspecified atom stereocenters. The quantitative estimate of drug-likeness (QED) is 0.675. The van der Waals surface area contributed by atoms with E-state index in [9.17, 15) is 18.7 Å². The van der Waals surface area contributed by atoms with Crippen molar-refractivity contribution in [1.82, 2.24) is 0 Å². The van der Waals surface area contributed by atoms with Gasteiger partial charge in [-0.05, 0) is 23.6 Å². The minimum Gasteiger partial charge on any atom is -0.462 e. The van der Waals surface area contributed by atoms with Crippen molar-refractivity contribution in [2.75, 3.05) is 0 Å². The van der Waals surface area contributed by atoms with Crippen LogP contribution < -0.4 is 0 Å². The second-order valence-corrected chi connectivity index (χ2v) is 7.49. The third-order valence-electron chi connectivity index (χ3n) is 4.86. The second-order valence-electron chi connectivity index (χ2n) is 6.41. The Balaban J connectivity index is 1.58. The maximum atomic E-state index is 14.5. The molecule has 1 N–H and O–H groups in total. The van der Waals surface area contributed by atoms with Crippen LogP contribution in [0.3, 0.4) is 0 Å². The van der Waals surface area contributed by atoms with Crippen molar-refractivity contribution < 1.29 is 23.4 Å². The lowest BCUT2D eigenvalue weighted by Crippen LogP contribution is -2.19. The summed E-state index contributed by atoms with van der Waals surface area (Å²) in [4.78, 5) is 11.3. The second kappa shape index (κ2) is 5.63. The Labute approximate surface area is 141 Å². The van der Waals surface area contributed by atoms with Crippen molar-refractivity contribution in [2.24, 2.45) is 11.8 Å². The van der Waals surface area contributed by atoms with E-state index in [1.807, 2.05) is 24.3 Å². The molecular weight excluding hydrogens is 334 g/mol. The number of ether oxygens (including phenoxy) is 1. The van der Waals surface area contributed by atoms with E-state index in [1.165, 1.54) is 12.1 Å². The molecule has 2 fully saturated rings. The average Bonchev–Trinajstić information content (AvgIpc) is 3.18. The lowest BCUT2D eigenvalue weighted by molar-refractivity contribution is -0.141. The Kier molecular flexibility index (Phi) is 3.69. The number of aliphatic hydroxyl groups excluding tert-OH is 1. The molecule has 24 heavy (non-hydrogen) atoms. The van der Waals surface area contributed by atoms with Crippen LogP contribution in [0, 0.1) is 11.8 Å². The molecule has 126 valence electrons. The van der Waals surface area contributed by atoms with Gasteiger partial charge in [-0.25, -0.2) is 0 Å². The van der Waals surface area contributed by atoms with Crippen molar-refractivity contribution in [3.05, 3.63) is 47.4 Å². The van der Waals surface area contributed by atoms with Crippen LogP contribution in [-0.2, 0) is 15.5 Å². The van der Waals surface area contributed by atoms with Crippen LogP contribution in [0.5, 0.6) is 0 Å². The molecule has 1 saturated heterocycles. The maximum Gasteiger partial charge on any atom is 0.306 e. The standard InChI is InChI=1S/C18H16F2O3S/c19-18(20,16-7-10-3-1-2-4-15(10)24-16)6-5-11-12-8-17(22)23-14(12)9-13(11)21/h1-7,11-14,21H,8-9H2/b6-5+/t11-,12-,13-,14+/m1/s1. The van der Waals surface area contributed by atoms with Crippen molar-refractivity contribution in [3.63, 3.8) is 0 Å². The minimum absolute atomic E-state index is 0.0252. The summed E-state index contributed by atoms with van der Waals surface area (Å²) < 4.78 is 35.0. The number of fused-ring (bicyclic) bond motifs is 2. The van der Waals surface area contributed by atoms with E-state index >= 15 is 0 Å². The fraction of sp³-hybridized carbons (Fsp3) is 0.389. The van der Waals surface area contributed by atoms with E-state index in [-0.39, 0.29) is 29.3 Å². The highest BCUT2D eigenvalue weighted by Gasteiger charge is 2.49. The number of halogens is 2. The molecular formula is C18H16F2O3S. The first-order valence-electron chi connectivity index (χ1n) is 7.88. The predicted molar refractivity (Wildman–Crippen MR) is 87.0 cm³/mol. The van der Waals surface area contributed by atoms with Crippen molar-refractivity contribution in [3.8, 4) is 0 Å². The third-order valence-corrected chi connectivity index (χ3v) is 6.06. The molecule has 6 heteroatoms. The van der Waals surface area contributed by atoms with Gasteiger partial charge in [-0.3, -0.25) is 4.79 Å². The Hall–Kier alpha value is -1.79. The first kappa shape index (κ1) is 15.7. The molecule has 1 aromatic carbocycles. The summed E-state index contributed by atoms with van der Waals surface area (Å²) in [7, 11) is 0. The number of aliphatic hydroxyl groups is 1. The minimum atomic E-state index is -3.11. The fourth-order valence-corrected chi connectivity index (χ4v) is 4.67. The van der Waals surface area contributed by atoms with Gasteiger partial charge in [-0.2, -0.15) is 8.78 Å². The fourth-order valence-electron chi connectivity index (χ4n) is 3.65. The van der Waals surface area contributed by atoms with E-state index in [0.29, 0.717) is 6.42 Å². The number of allylic oxidation sites excluding steroid dienone is 1. The van der Waals surface area contributed by atoms with Gasteiger partial charge in [-0.1, -0.05) is 24.3 Å². The zero-order valence-electron chi connectivity index (χ0n) is 12.7. The van der Waals surface area contributed by atoms with Crippen LogP contribution in [0.1, 0.15) is 17.7 Å². The third kappa shape index (κ3) is 2.63. The first-order chi connectivity index (χ1) is 11.4. The summed E-state index contributed by atoms with van der Waals surface area (Å²) in [6.07, 6.45) is 1.63. The van der Waals surface area contributed by atoms with Crippen LogP contribution in [0.15, 0.2) is 42.5 Å². The summed E-state index contributed by atoms with van der Waals surface area (Å²) in [5.74, 6) is -4.10. The Morgan fingerprint density at radius 2 is 2.12 bits per heavy atom. The summed E-state index contributed by atoms with van der Waals surface area (Å²) in [6, 6.07) is 8.76. The van der Waals surface area contributed by atoms with Gasteiger partial charge < -0.3 is 9.84 Å². The van der Waals surface area contributed by atoms with E-state index in [0.717, 1.165) is 27.5 Å². The summed E-state index contributed by atoms with van der Waals surface area (Å²) in [5, 5.41) is 10.9. The molecule has 0 radical (unpaired) electrons. The highest BCUT2D eigenvalue weighted by molar-refractivity contribution is 7.19. The highest BCUT2D eigenvalue weighted by atomic mass is 32.1. The molecule has 1 saturated carbocycles. The van der Waals surface area contributed by atoms with Crippen LogP contribution in [0.2, 0.25) is 0 Å². The number of carbonyl (C=O) groups is 1. The molecule has 1 aliphatic heterocycles. The Bertz CT molecular complexity index is 780. The van der Waals surface area contributed by atoms with Crippen molar-refractivity contribution in [2.45, 2.75) is 31.0 Å². The highest BCUT2D eigenvalue weighted by Crippen LogP contribution is 2.44. The number of thiophene rings is 1. The summed E-state index contributed by atoms with van der Waals surface area (Å²) in [5.41, 5.74) is 0. The van der Waals surface area contributed by atoms with E-state index in [2.05, 4.69) is 0 Å². The van der Waals surface area contributed by atoms with E-state index in [1.54, 1.807) is 0 Å². The van der Waals surface area contributed by atoms with E-state index < -0.39 is 17.9 Å². The smallest absolute Gasteiger partial charge is 0.306 e. The number of alkyl halides is 2. The number of carbonyl (C=O) groups excluding carboxylic acids is 1. The topological polar surface area (TPSA) is 46.5 Å². The Morgan fingerprint density at radius 1 is 1.33 bits per heavy atom. The molecule has 0 bridgehead atoms. The maximum absolute atomic E-state index is 14.5. The zero-order chi connectivity index (χ0) is 16.9. The van der Waals surface area contributed by atoms with Crippen molar-refractivity contribution in [1.29, 1.82) is 0 Å². The van der Waals surface area contributed by atoms with Gasteiger partial charge in [0.15, 0.2) is 0 Å². The molecule has 3 nitrogen and oxygen atoms in total. The van der Waals surface area contributed by atoms with Crippen LogP contribution >= 0.6 is 11.3 Å². The molecule has 2 aromatic rings. The molecule has 4 atom stereocenters. The van der Waals surface area contributed by atoms with Crippen molar-refractivity contribution >= 4 is 27.4 Å². The monoisotopic (exact) mass is 350 g/mol. The molecule has 2 aliphatic rings. The lowest BCUT2D eigenvalue weighted by Gasteiger charge is -2.16. The van der Waals surface area contributed by atoms with E-state index in [4.69, 9.17) is 4.74 Å². The lowest BCUT2D eigenvalue weighted by atomic mass is 9.91. The van der Waals surface area contributed by atoms with Crippen LogP contribution in [-0.4, -0.2) is 23.3 Å². The van der Waals surface area contributed by atoms with Gasteiger partial charge in [0.1, 0.15) is 6.10 Å². The zero-order valence-corrected chi connectivity index (χ0v) is 13.5. The van der Waals surface area contributed by atoms with Crippen LogP contribution in [0.4, 0.5) is 8.78 Å². The molecule has 1 aromatic heterocycles. The molecule has 0 amide bonds. The number of hydrogen-bond donors (Lipinski definition) is 1. The number of rotatable bonds is 3. The normalized spacial score (nSPS) is 30.2. The number of benzene rings is 1. The van der Waals surface area contributed by atoms with Gasteiger partial charge in [0.25, 0.3) is 0 Å². The summed E-state index contributed by atoms with van der Waals surface area (Å²) in [6.45, 7) is 0. The molecule has 2 heterocycles. The first-order valence-corrected chi connectivity index (χ1v) is 8.69. The van der Waals surface area contributed by atoms with Gasteiger partial charge in [0, 0.05) is 23.0 Å². The molecule has 4 rings (SSSR count). The number of hydrogen-bond acceptors (Lipinski definition) is 4. The average molecular weight is 350 g/mol. The predicted octanol–water partition coefficient (Wildman–Crippen LogP) is 3.86. The molecule has 1 aliphatic carbocycles. The Morgan fingerprint density at radius 3 is 2.92 bits per heavy atom. The van der Waals surface area contributed by atoms with Gasteiger partial charge in [0.05, 0.1) is 17.4 Å².